The number of nitrogens with zero attached hydrogens (tertiary/aromatic N) is 1. The Hall–Kier alpha value is -2.11. The molecule has 0 aliphatic carbocycles. The summed E-state index contributed by atoms with van der Waals surface area (Å²) in [5, 5.41) is 19.9. The quantitative estimate of drug-likeness (QED) is 0.268. The van der Waals surface area contributed by atoms with Crippen molar-refractivity contribution < 1.29 is 19.6 Å². The fourth-order valence-corrected chi connectivity index (χ4v) is 2.69. The third kappa shape index (κ3) is 8.52. The summed E-state index contributed by atoms with van der Waals surface area (Å²) in [4.78, 5) is 21.3. The van der Waals surface area contributed by atoms with Gasteiger partial charge in [0, 0.05) is 6.07 Å². The number of carboxylic acids is 1. The molecule has 0 saturated heterocycles. The first-order valence-corrected chi connectivity index (χ1v) is 9.20. The van der Waals surface area contributed by atoms with Gasteiger partial charge in [0.2, 0.25) is 0 Å². The number of unbranched alkanes of at least 4 members (excludes halogenated alkanes) is 9. The lowest BCUT2D eigenvalue weighted by molar-refractivity contribution is -0.385. The predicted octanol–water partition coefficient (Wildman–Crippen LogP) is 5.59. The standard InChI is InChI=1S/C19H29NO5/c1-2-3-4-5-6-7-8-9-10-11-14-25-18-13-12-16(19(21)22)15-17(18)20(23)24/h12-13,15H,2-11,14H2,1H3,(H,21,22). The van der Waals surface area contributed by atoms with Crippen LogP contribution in [0.2, 0.25) is 0 Å². The van der Waals surface area contributed by atoms with Crippen molar-refractivity contribution in [1.82, 2.24) is 0 Å². The van der Waals surface area contributed by atoms with Gasteiger partial charge in [-0.3, -0.25) is 10.1 Å². The molecule has 1 aromatic rings. The number of aromatic carboxylic acids is 1. The van der Waals surface area contributed by atoms with Crippen LogP contribution in [-0.4, -0.2) is 22.6 Å². The maximum Gasteiger partial charge on any atom is 0.335 e. The highest BCUT2D eigenvalue weighted by Crippen LogP contribution is 2.28. The zero-order valence-electron chi connectivity index (χ0n) is 15.0. The molecule has 0 unspecified atom stereocenters. The van der Waals surface area contributed by atoms with Gasteiger partial charge in [-0.2, -0.15) is 0 Å². The number of carbonyl (C=O) groups is 1. The lowest BCUT2D eigenvalue weighted by Crippen LogP contribution is -2.03. The Kier molecular flexibility index (Phi) is 10.3. The van der Waals surface area contributed by atoms with Crippen LogP contribution in [0.25, 0.3) is 0 Å². The van der Waals surface area contributed by atoms with Crippen molar-refractivity contribution in [3.05, 3.63) is 33.9 Å². The van der Waals surface area contributed by atoms with E-state index in [0.717, 1.165) is 25.3 Å². The molecule has 6 heteroatoms. The summed E-state index contributed by atoms with van der Waals surface area (Å²) in [5.41, 5.74) is -0.412. The lowest BCUT2D eigenvalue weighted by Gasteiger charge is -2.07. The minimum Gasteiger partial charge on any atom is -0.487 e. The maximum absolute atomic E-state index is 11.0. The molecule has 0 saturated carbocycles. The van der Waals surface area contributed by atoms with Crippen LogP contribution in [0.4, 0.5) is 5.69 Å². The molecule has 140 valence electrons. The second-order valence-corrected chi connectivity index (χ2v) is 6.28. The molecule has 0 atom stereocenters. The van der Waals surface area contributed by atoms with Crippen molar-refractivity contribution in [1.29, 1.82) is 0 Å². The average Bonchev–Trinajstić information content (AvgIpc) is 2.59. The molecule has 1 N–H and O–H groups in total. The van der Waals surface area contributed by atoms with Gasteiger partial charge >= 0.3 is 11.7 Å². The van der Waals surface area contributed by atoms with E-state index in [2.05, 4.69) is 6.92 Å². The van der Waals surface area contributed by atoms with E-state index in [1.807, 2.05) is 0 Å². The molecule has 1 rings (SSSR count). The molecule has 0 fully saturated rings. The van der Waals surface area contributed by atoms with Gasteiger partial charge in [0.15, 0.2) is 5.75 Å². The van der Waals surface area contributed by atoms with Crippen LogP contribution in [0, 0.1) is 10.1 Å². The molecule has 6 nitrogen and oxygen atoms in total. The van der Waals surface area contributed by atoms with E-state index in [1.165, 1.54) is 57.1 Å². The second-order valence-electron chi connectivity index (χ2n) is 6.28. The van der Waals surface area contributed by atoms with Gasteiger partial charge in [0.1, 0.15) is 0 Å². The molecular formula is C19H29NO5. The van der Waals surface area contributed by atoms with E-state index < -0.39 is 10.9 Å². The molecule has 0 heterocycles. The molecule has 0 aromatic heterocycles. The topological polar surface area (TPSA) is 89.7 Å². The Morgan fingerprint density at radius 3 is 2.12 bits per heavy atom. The summed E-state index contributed by atoms with van der Waals surface area (Å²) in [6, 6.07) is 3.72. The van der Waals surface area contributed by atoms with Gasteiger partial charge in [-0.05, 0) is 18.6 Å². The smallest absolute Gasteiger partial charge is 0.335 e. The SMILES string of the molecule is CCCCCCCCCCCCOc1ccc(C(=O)O)cc1[N+](=O)[O-]. The van der Waals surface area contributed by atoms with E-state index >= 15 is 0 Å². The molecule has 0 spiro atoms. The van der Waals surface area contributed by atoms with Crippen LogP contribution in [-0.2, 0) is 0 Å². The van der Waals surface area contributed by atoms with Gasteiger partial charge < -0.3 is 9.84 Å². The lowest BCUT2D eigenvalue weighted by atomic mass is 10.1. The molecule has 0 bridgehead atoms. The number of ether oxygens (including phenoxy) is 1. The molecule has 0 aliphatic rings. The van der Waals surface area contributed by atoms with E-state index in [0.29, 0.717) is 6.61 Å². The van der Waals surface area contributed by atoms with E-state index in [-0.39, 0.29) is 17.0 Å². The maximum atomic E-state index is 11.0. The van der Waals surface area contributed by atoms with Crippen LogP contribution in [0.5, 0.6) is 5.75 Å². The van der Waals surface area contributed by atoms with Crippen molar-refractivity contribution >= 4 is 11.7 Å². The fraction of sp³-hybridized carbons (Fsp3) is 0.632. The number of nitro groups is 1. The van der Waals surface area contributed by atoms with Crippen LogP contribution in [0.15, 0.2) is 18.2 Å². The zero-order valence-corrected chi connectivity index (χ0v) is 15.0. The monoisotopic (exact) mass is 351 g/mol. The first kappa shape index (κ1) is 20.9. The van der Waals surface area contributed by atoms with Crippen LogP contribution in [0.3, 0.4) is 0 Å². The van der Waals surface area contributed by atoms with Gasteiger partial charge in [-0.15, -0.1) is 0 Å². The highest BCUT2D eigenvalue weighted by atomic mass is 16.6. The molecule has 25 heavy (non-hydrogen) atoms. The van der Waals surface area contributed by atoms with Crippen LogP contribution < -0.4 is 4.74 Å². The third-order valence-corrected chi connectivity index (χ3v) is 4.16. The number of rotatable bonds is 14. The summed E-state index contributed by atoms with van der Waals surface area (Å²) in [7, 11) is 0. The van der Waals surface area contributed by atoms with Gasteiger partial charge in [-0.25, -0.2) is 4.79 Å². The average molecular weight is 351 g/mol. The van der Waals surface area contributed by atoms with Gasteiger partial charge in [-0.1, -0.05) is 64.7 Å². The minimum atomic E-state index is -1.19. The number of benzene rings is 1. The zero-order chi connectivity index (χ0) is 18.5. The number of hydrogen-bond donors (Lipinski definition) is 1. The molecule has 0 amide bonds. The van der Waals surface area contributed by atoms with Crippen molar-refractivity contribution in [2.75, 3.05) is 6.61 Å². The van der Waals surface area contributed by atoms with E-state index in [1.54, 1.807) is 0 Å². The molecular weight excluding hydrogens is 322 g/mol. The summed E-state index contributed by atoms with van der Waals surface area (Å²) in [5.74, 6) is -1.06. The summed E-state index contributed by atoms with van der Waals surface area (Å²) < 4.78 is 5.47. The molecule has 0 aliphatic heterocycles. The highest BCUT2D eigenvalue weighted by Gasteiger charge is 2.18. The Morgan fingerprint density at radius 1 is 1.04 bits per heavy atom. The first-order chi connectivity index (χ1) is 12.1. The van der Waals surface area contributed by atoms with Crippen molar-refractivity contribution in [3.63, 3.8) is 0 Å². The number of carboxylic acid groups (broad SMARTS) is 1. The highest BCUT2D eigenvalue weighted by molar-refractivity contribution is 5.88. The summed E-state index contributed by atoms with van der Waals surface area (Å²) in [6.45, 7) is 2.63. The second kappa shape index (κ2) is 12.3. The van der Waals surface area contributed by atoms with E-state index in [4.69, 9.17) is 9.84 Å². The van der Waals surface area contributed by atoms with Crippen molar-refractivity contribution in [2.24, 2.45) is 0 Å². The first-order valence-electron chi connectivity index (χ1n) is 9.20. The summed E-state index contributed by atoms with van der Waals surface area (Å²) in [6.07, 6.45) is 12.1. The van der Waals surface area contributed by atoms with Gasteiger partial charge in [0.05, 0.1) is 17.1 Å². The largest absolute Gasteiger partial charge is 0.487 e. The van der Waals surface area contributed by atoms with Crippen molar-refractivity contribution in [2.45, 2.75) is 71.1 Å². The third-order valence-electron chi connectivity index (χ3n) is 4.16. The number of nitro benzene ring substituents is 1. The predicted molar refractivity (Wildman–Crippen MR) is 97.4 cm³/mol. The van der Waals surface area contributed by atoms with Crippen molar-refractivity contribution in [3.8, 4) is 5.75 Å². The Labute approximate surface area is 149 Å². The fourth-order valence-electron chi connectivity index (χ4n) is 2.69. The normalized spacial score (nSPS) is 10.6. The number of hydrogen-bond acceptors (Lipinski definition) is 4. The summed E-state index contributed by atoms with van der Waals surface area (Å²) >= 11 is 0. The molecule has 1 aromatic carbocycles. The minimum absolute atomic E-state index is 0.113. The Bertz CT molecular complexity index is 545. The Morgan fingerprint density at radius 2 is 1.60 bits per heavy atom. The Balaban J connectivity index is 2.21. The van der Waals surface area contributed by atoms with Crippen LogP contribution in [0.1, 0.15) is 81.5 Å². The molecule has 0 radical (unpaired) electrons. The van der Waals surface area contributed by atoms with Gasteiger partial charge in [0.25, 0.3) is 0 Å². The van der Waals surface area contributed by atoms with Crippen LogP contribution >= 0.6 is 0 Å². The van der Waals surface area contributed by atoms with E-state index in [9.17, 15) is 14.9 Å².